The first-order valence-corrected chi connectivity index (χ1v) is 9.88. The van der Waals surface area contributed by atoms with Crippen LogP contribution in [0.2, 0.25) is 0 Å². The molecule has 2 aromatic heterocycles. The Balaban J connectivity index is 1.57. The summed E-state index contributed by atoms with van der Waals surface area (Å²) in [5, 5.41) is 19.6. The number of carbonyl (C=O) groups is 1. The predicted octanol–water partition coefficient (Wildman–Crippen LogP) is 0.991. The van der Waals surface area contributed by atoms with Crippen LogP contribution in [0.3, 0.4) is 0 Å². The number of nitrogens with two attached hydrogens (primary N) is 1. The van der Waals surface area contributed by atoms with Crippen molar-refractivity contribution in [3.8, 4) is 11.6 Å². The summed E-state index contributed by atoms with van der Waals surface area (Å²) in [7, 11) is 1.58. The van der Waals surface area contributed by atoms with Gasteiger partial charge in [0.1, 0.15) is 11.4 Å². The molecule has 0 spiro atoms. The lowest BCUT2D eigenvalue weighted by atomic mass is 10.1. The highest BCUT2D eigenvalue weighted by Crippen LogP contribution is 2.19. The topological polar surface area (TPSA) is 150 Å². The molecule has 0 bridgehead atoms. The second-order valence-corrected chi connectivity index (χ2v) is 7.08. The van der Waals surface area contributed by atoms with E-state index in [-0.39, 0.29) is 17.3 Å². The van der Waals surface area contributed by atoms with Crippen LogP contribution in [0.5, 0.6) is 5.75 Å². The summed E-state index contributed by atoms with van der Waals surface area (Å²) in [5.74, 6) is 0.289. The van der Waals surface area contributed by atoms with Crippen LogP contribution < -0.4 is 15.9 Å². The number of aromatic nitrogens is 5. The van der Waals surface area contributed by atoms with Gasteiger partial charge in [-0.25, -0.2) is 10.1 Å². The number of ether oxygens (including phenoxy) is 1. The molecule has 3 aromatic rings. The average molecular weight is 425 g/mol. The molecule has 1 saturated heterocycles. The SMILES string of the molecule is COc1cccc(C=NNC(=O)c2c(CN3CCCCC3)nnn2-c2nonc2N)c1. The van der Waals surface area contributed by atoms with E-state index in [2.05, 4.69) is 40.7 Å². The fraction of sp³-hybridized carbons (Fsp3) is 0.368. The number of methoxy groups -OCH3 is 1. The van der Waals surface area contributed by atoms with Crippen LogP contribution in [0.25, 0.3) is 5.82 Å². The van der Waals surface area contributed by atoms with Crippen molar-refractivity contribution in [3.05, 3.63) is 41.2 Å². The zero-order valence-electron chi connectivity index (χ0n) is 17.1. The van der Waals surface area contributed by atoms with E-state index >= 15 is 0 Å². The fourth-order valence-corrected chi connectivity index (χ4v) is 3.40. The molecule has 31 heavy (non-hydrogen) atoms. The van der Waals surface area contributed by atoms with Gasteiger partial charge < -0.3 is 10.5 Å². The lowest BCUT2D eigenvalue weighted by Gasteiger charge is -2.25. The maximum absolute atomic E-state index is 13.0. The zero-order valence-corrected chi connectivity index (χ0v) is 17.1. The molecule has 1 aliphatic heterocycles. The van der Waals surface area contributed by atoms with Crippen LogP contribution in [0.4, 0.5) is 5.82 Å². The summed E-state index contributed by atoms with van der Waals surface area (Å²) in [6.45, 7) is 2.36. The summed E-state index contributed by atoms with van der Waals surface area (Å²) in [5.41, 5.74) is 9.76. The maximum atomic E-state index is 13.0. The molecule has 12 nitrogen and oxygen atoms in total. The van der Waals surface area contributed by atoms with E-state index in [0.717, 1.165) is 31.5 Å². The highest BCUT2D eigenvalue weighted by molar-refractivity contribution is 5.95. The third kappa shape index (κ3) is 4.69. The van der Waals surface area contributed by atoms with Crippen molar-refractivity contribution >= 4 is 17.9 Å². The monoisotopic (exact) mass is 425 g/mol. The number of hydrogen-bond donors (Lipinski definition) is 2. The molecule has 162 valence electrons. The van der Waals surface area contributed by atoms with E-state index in [1.54, 1.807) is 13.2 Å². The Bertz CT molecular complexity index is 1070. The van der Waals surface area contributed by atoms with Crippen LogP contribution in [0, 0.1) is 0 Å². The number of rotatable bonds is 7. The molecule has 0 radical (unpaired) electrons. The first kappa shape index (κ1) is 20.5. The number of likely N-dealkylation sites (tertiary alicyclic amines) is 1. The molecule has 1 amide bonds. The Kier molecular flexibility index (Phi) is 6.17. The molecule has 0 saturated carbocycles. The van der Waals surface area contributed by atoms with Gasteiger partial charge in [-0.3, -0.25) is 9.69 Å². The number of hydrogen-bond acceptors (Lipinski definition) is 10. The molecule has 12 heteroatoms. The van der Waals surface area contributed by atoms with Gasteiger partial charge in [0.2, 0.25) is 11.6 Å². The number of hydrazone groups is 1. The molecule has 0 aliphatic carbocycles. The van der Waals surface area contributed by atoms with Crippen LogP contribution in [0.1, 0.15) is 41.0 Å². The molecular formula is C19H23N9O3. The summed E-state index contributed by atoms with van der Waals surface area (Å²) in [4.78, 5) is 15.3. The van der Waals surface area contributed by atoms with Gasteiger partial charge >= 0.3 is 0 Å². The number of nitrogens with one attached hydrogen (secondary N) is 1. The fourth-order valence-electron chi connectivity index (χ4n) is 3.40. The lowest BCUT2D eigenvalue weighted by Crippen LogP contribution is -2.31. The van der Waals surface area contributed by atoms with Crippen LogP contribution in [-0.2, 0) is 6.54 Å². The summed E-state index contributed by atoms with van der Waals surface area (Å²) < 4.78 is 11.1. The number of carbonyl (C=O) groups excluding carboxylic acids is 1. The van der Waals surface area contributed by atoms with E-state index in [4.69, 9.17) is 10.5 Å². The summed E-state index contributed by atoms with van der Waals surface area (Å²) in [6, 6.07) is 7.29. The standard InChI is InChI=1S/C19H23N9O3/c1-30-14-7-5-6-13(10-14)11-21-23-19(29)16-15(12-27-8-3-2-4-9-27)22-26-28(16)18-17(20)24-31-25-18/h5-7,10-11H,2-4,8-9,12H2,1H3,(H2,20,24)(H,23,29). The first-order valence-electron chi connectivity index (χ1n) is 9.88. The highest BCUT2D eigenvalue weighted by atomic mass is 16.6. The molecular weight excluding hydrogens is 402 g/mol. The van der Waals surface area contributed by atoms with Gasteiger partial charge in [-0.05, 0) is 53.9 Å². The average Bonchev–Trinajstić information content (AvgIpc) is 3.40. The summed E-state index contributed by atoms with van der Waals surface area (Å²) >= 11 is 0. The molecule has 1 aliphatic rings. The molecule has 1 fully saturated rings. The largest absolute Gasteiger partial charge is 0.497 e. The van der Waals surface area contributed by atoms with Crippen LogP contribution in [-0.4, -0.2) is 62.5 Å². The lowest BCUT2D eigenvalue weighted by molar-refractivity contribution is 0.0944. The molecule has 3 N–H and O–H groups in total. The van der Waals surface area contributed by atoms with Crippen molar-refractivity contribution in [1.82, 2.24) is 35.6 Å². The number of anilines is 1. The van der Waals surface area contributed by atoms with E-state index in [9.17, 15) is 4.79 Å². The van der Waals surface area contributed by atoms with E-state index in [0.29, 0.717) is 18.0 Å². The Morgan fingerprint density at radius 2 is 2.16 bits per heavy atom. The number of benzene rings is 1. The third-order valence-corrected chi connectivity index (χ3v) is 4.95. The molecule has 0 atom stereocenters. The van der Waals surface area contributed by atoms with Gasteiger partial charge in [0.25, 0.3) is 5.91 Å². The van der Waals surface area contributed by atoms with Gasteiger partial charge in [-0.15, -0.1) is 5.10 Å². The third-order valence-electron chi connectivity index (χ3n) is 4.95. The minimum absolute atomic E-state index is 0.00311. The normalized spacial score (nSPS) is 14.7. The number of amides is 1. The highest BCUT2D eigenvalue weighted by Gasteiger charge is 2.26. The van der Waals surface area contributed by atoms with Crippen molar-refractivity contribution in [1.29, 1.82) is 0 Å². The number of nitrogen functional groups attached to an aromatic ring is 1. The molecule has 0 unspecified atom stereocenters. The van der Waals surface area contributed by atoms with Crippen molar-refractivity contribution in [2.75, 3.05) is 25.9 Å². The van der Waals surface area contributed by atoms with Gasteiger partial charge in [0, 0.05) is 6.54 Å². The first-order chi connectivity index (χ1) is 15.2. The molecule has 4 rings (SSSR count). The van der Waals surface area contributed by atoms with Gasteiger partial charge in [0.05, 0.1) is 13.3 Å². The maximum Gasteiger partial charge on any atom is 0.292 e. The molecule has 3 heterocycles. The van der Waals surface area contributed by atoms with Crippen LogP contribution >= 0.6 is 0 Å². The minimum atomic E-state index is -0.501. The Morgan fingerprint density at radius 3 is 2.90 bits per heavy atom. The summed E-state index contributed by atoms with van der Waals surface area (Å²) in [6.07, 6.45) is 4.95. The minimum Gasteiger partial charge on any atom is -0.497 e. The smallest absolute Gasteiger partial charge is 0.292 e. The molecule has 1 aromatic carbocycles. The quantitative estimate of drug-likeness (QED) is 0.417. The Hall–Kier alpha value is -3.80. The predicted molar refractivity (Wildman–Crippen MR) is 111 cm³/mol. The Labute approximate surface area is 178 Å². The van der Waals surface area contributed by atoms with Crippen molar-refractivity contribution in [3.63, 3.8) is 0 Å². The van der Waals surface area contributed by atoms with Crippen molar-refractivity contribution in [2.24, 2.45) is 5.10 Å². The van der Waals surface area contributed by atoms with Gasteiger partial charge in [0.15, 0.2) is 5.69 Å². The van der Waals surface area contributed by atoms with Crippen LogP contribution in [0.15, 0.2) is 34.0 Å². The zero-order chi connectivity index (χ0) is 21.6. The van der Waals surface area contributed by atoms with Gasteiger partial charge in [-0.2, -0.15) is 9.78 Å². The van der Waals surface area contributed by atoms with Crippen molar-refractivity contribution < 1.29 is 14.2 Å². The second-order valence-electron chi connectivity index (χ2n) is 7.08. The number of piperidine rings is 1. The van der Waals surface area contributed by atoms with E-state index in [1.807, 2.05) is 18.2 Å². The van der Waals surface area contributed by atoms with Crippen molar-refractivity contribution in [2.45, 2.75) is 25.8 Å². The van der Waals surface area contributed by atoms with E-state index < -0.39 is 5.91 Å². The Morgan fingerprint density at radius 1 is 1.32 bits per heavy atom. The van der Waals surface area contributed by atoms with Gasteiger partial charge in [-0.1, -0.05) is 23.8 Å². The van der Waals surface area contributed by atoms with E-state index in [1.165, 1.54) is 17.3 Å². The number of nitrogens with zero attached hydrogens (tertiary/aromatic N) is 7. The second kappa shape index (κ2) is 9.34.